The number of rotatable bonds is 11. The molecule has 694 valence electrons. The summed E-state index contributed by atoms with van der Waals surface area (Å²) < 4.78 is 26.4. The van der Waals surface area contributed by atoms with E-state index < -0.39 is 0 Å². The molecule has 1 unspecified atom stereocenters. The topological polar surface area (TPSA) is 140 Å². The lowest BCUT2D eigenvalue weighted by Crippen LogP contribution is -2.44. The second-order valence-corrected chi connectivity index (χ2v) is 46.9. The Bertz CT molecular complexity index is 8300. The van der Waals surface area contributed by atoms with E-state index in [0.717, 1.165) is 243 Å². The maximum atomic E-state index is 14.9. The first kappa shape index (κ1) is 86.1. The SMILES string of the molecule is CC1(C)CCN2CCC(C)(C)c3c2c1cc1cc(C2=CC4CC=c5cc(N(c6ccc(-c7ccc(-c8cc9cc%10c%11c(c9oc8=O)C(C)(C)CCN%11CCC%10(C)C)cc7)cc6)c6ccc(N(c7ccc(-c8cc9cc%10c%11c(c9oc8=O)C(C)(C)CCN%11CCC%10(C)C)cc7)c7cccc8cc(-c9cc%10cc%11c%12c(c%10oc9=O)C(C)(C)CCN%12CCC%11(C)C)ccc78)cc6)ccc5=C4C=C2)c(=O)oc31. The van der Waals surface area contributed by atoms with Crippen LogP contribution in [0.1, 0.15) is 219 Å². The van der Waals surface area contributed by atoms with Gasteiger partial charge in [0.15, 0.2) is 0 Å². The number of benzene rings is 11. The molecular formula is C124H120N6O8. The van der Waals surface area contributed by atoms with Crippen molar-refractivity contribution in [2.45, 2.75) is 212 Å². The van der Waals surface area contributed by atoms with Gasteiger partial charge in [-0.25, -0.2) is 19.2 Å². The van der Waals surface area contributed by atoms with Gasteiger partial charge in [-0.05, 0) is 299 Å². The molecule has 11 aromatic carbocycles. The Morgan fingerprint density at radius 2 is 0.623 bits per heavy atom. The number of nitrogens with zero attached hydrogens (tertiary/aromatic N) is 6. The lowest BCUT2D eigenvalue weighted by Gasteiger charge is -2.48. The molecule has 0 saturated heterocycles. The van der Waals surface area contributed by atoms with Crippen LogP contribution in [0.2, 0.25) is 0 Å². The molecule has 14 heteroatoms. The molecule has 12 heterocycles. The van der Waals surface area contributed by atoms with Gasteiger partial charge in [-0.15, -0.1) is 0 Å². The molecule has 25 rings (SSSR count). The average molecular weight is 1820 g/mol. The molecule has 0 bridgehead atoms. The van der Waals surface area contributed by atoms with E-state index in [2.05, 4.69) is 365 Å². The minimum absolute atomic E-state index is 0.0242. The molecule has 0 saturated carbocycles. The second-order valence-electron chi connectivity index (χ2n) is 46.9. The summed E-state index contributed by atoms with van der Waals surface area (Å²) in [5.74, 6) is 0.0242. The predicted octanol–water partition coefficient (Wildman–Crippen LogP) is 27.2. The lowest BCUT2D eigenvalue weighted by atomic mass is 9.69. The Morgan fingerprint density at radius 1 is 0.297 bits per heavy atom. The fourth-order valence-corrected chi connectivity index (χ4v) is 25.8. The Kier molecular flexibility index (Phi) is 18.7. The van der Waals surface area contributed by atoms with Crippen LogP contribution in [-0.4, -0.2) is 52.4 Å². The third kappa shape index (κ3) is 13.3. The summed E-state index contributed by atoms with van der Waals surface area (Å²) >= 11 is 0. The molecule has 138 heavy (non-hydrogen) atoms. The summed E-state index contributed by atoms with van der Waals surface area (Å²) in [4.78, 5) is 73.6. The van der Waals surface area contributed by atoms with E-state index in [4.69, 9.17) is 17.7 Å². The van der Waals surface area contributed by atoms with Crippen LogP contribution in [0.4, 0.5) is 56.9 Å². The lowest BCUT2D eigenvalue weighted by molar-refractivity contribution is 0.398. The predicted molar refractivity (Wildman–Crippen MR) is 568 cm³/mol. The minimum atomic E-state index is -0.369. The molecule has 0 amide bonds. The second kappa shape index (κ2) is 30.0. The van der Waals surface area contributed by atoms with Gasteiger partial charge in [0, 0.05) is 159 Å². The molecule has 8 aliphatic heterocycles. The van der Waals surface area contributed by atoms with Crippen molar-refractivity contribution in [1.82, 2.24) is 0 Å². The summed E-state index contributed by atoms with van der Waals surface area (Å²) in [5, 5.41) is 7.99. The van der Waals surface area contributed by atoms with Crippen LogP contribution in [0.3, 0.4) is 0 Å². The monoisotopic (exact) mass is 1820 g/mol. The maximum Gasteiger partial charge on any atom is 0.344 e. The van der Waals surface area contributed by atoms with Crippen LogP contribution in [-0.2, 0) is 43.3 Å². The van der Waals surface area contributed by atoms with Crippen molar-refractivity contribution in [1.29, 1.82) is 0 Å². The minimum Gasteiger partial charge on any atom is -0.422 e. The van der Waals surface area contributed by atoms with E-state index in [0.29, 0.717) is 39.0 Å². The highest BCUT2D eigenvalue weighted by Gasteiger charge is 2.48. The van der Waals surface area contributed by atoms with Crippen LogP contribution in [0.15, 0.2) is 255 Å². The van der Waals surface area contributed by atoms with Crippen molar-refractivity contribution in [2.24, 2.45) is 5.92 Å². The third-order valence-corrected chi connectivity index (χ3v) is 34.5. The highest BCUT2D eigenvalue weighted by Crippen LogP contribution is 2.59. The Balaban J connectivity index is 0.603. The highest BCUT2D eigenvalue weighted by molar-refractivity contribution is 6.03. The van der Waals surface area contributed by atoms with Crippen LogP contribution in [0, 0.1) is 5.92 Å². The van der Waals surface area contributed by atoms with Crippen molar-refractivity contribution in [2.75, 3.05) is 81.8 Å². The number of hydrogen-bond acceptors (Lipinski definition) is 14. The first-order valence-corrected chi connectivity index (χ1v) is 50.3. The van der Waals surface area contributed by atoms with Crippen molar-refractivity contribution >= 4 is 129 Å². The van der Waals surface area contributed by atoms with Crippen molar-refractivity contribution in [3.05, 3.63) is 321 Å². The summed E-state index contributed by atoms with van der Waals surface area (Å²) in [5.41, 5.74) is 29.5. The maximum absolute atomic E-state index is 14.9. The zero-order valence-corrected chi connectivity index (χ0v) is 82.4. The highest BCUT2D eigenvalue weighted by atomic mass is 16.4. The summed E-state index contributed by atoms with van der Waals surface area (Å²) in [6.07, 6.45) is 17.9. The molecule has 14 nitrogen and oxygen atoms in total. The summed E-state index contributed by atoms with van der Waals surface area (Å²) in [6, 6.07) is 71.4. The number of hydrogen-bond donors (Lipinski definition) is 0. The van der Waals surface area contributed by atoms with E-state index in [1.54, 1.807) is 0 Å². The molecule has 0 fully saturated rings. The molecular weight excluding hydrogens is 1700 g/mol. The van der Waals surface area contributed by atoms with Gasteiger partial charge in [0.25, 0.3) is 0 Å². The first-order chi connectivity index (χ1) is 65.9. The molecule has 1 atom stereocenters. The normalized spacial score (nSPS) is 19.8. The third-order valence-electron chi connectivity index (χ3n) is 34.5. The summed E-state index contributed by atoms with van der Waals surface area (Å²) in [7, 11) is 0. The zero-order valence-electron chi connectivity index (χ0n) is 82.4. The Hall–Kier alpha value is -13.5. The van der Waals surface area contributed by atoms with E-state index in [9.17, 15) is 19.2 Å². The molecule has 0 radical (unpaired) electrons. The van der Waals surface area contributed by atoms with Crippen LogP contribution in [0.5, 0.6) is 0 Å². The quantitative estimate of drug-likeness (QED) is 0.113. The average Bonchev–Trinajstić information content (AvgIpc) is 0.720. The molecule has 10 aliphatic rings. The van der Waals surface area contributed by atoms with Crippen LogP contribution in [0.25, 0.3) is 116 Å². The molecule has 15 aromatic rings. The van der Waals surface area contributed by atoms with Crippen molar-refractivity contribution in [3.63, 3.8) is 0 Å². The fraction of sp³-hybridized carbons (Fsp3) is 0.339. The van der Waals surface area contributed by atoms with Gasteiger partial charge in [-0.2, -0.15) is 0 Å². The van der Waals surface area contributed by atoms with Gasteiger partial charge in [0.05, 0.1) is 27.9 Å². The van der Waals surface area contributed by atoms with E-state index in [-0.39, 0.29) is 71.7 Å². The van der Waals surface area contributed by atoms with E-state index in [1.165, 1.54) is 56.1 Å². The number of fused-ring (bicyclic) bond motifs is 11. The van der Waals surface area contributed by atoms with Crippen molar-refractivity contribution < 1.29 is 17.7 Å². The largest absolute Gasteiger partial charge is 0.422 e. The van der Waals surface area contributed by atoms with E-state index >= 15 is 0 Å². The zero-order chi connectivity index (χ0) is 95.0. The van der Waals surface area contributed by atoms with Crippen LogP contribution < -0.4 is 62.3 Å². The molecule has 0 N–H and O–H groups in total. The Morgan fingerprint density at radius 3 is 1.03 bits per heavy atom. The molecule has 2 aliphatic carbocycles. The fourth-order valence-electron chi connectivity index (χ4n) is 25.8. The standard InChI is InChI=1S/C124H120N6O8/c1-117(2)44-52-125-56-48-121(9,10)101-105(125)96(117)67-80-63-92(113(131)135-109(80)101)73-22-20-71(21-23-73)72-26-32-84(33-27-72)129(88-40-43-90-79(62-88)25-24-76-61-77(30-41-89(76)90)94-65-82-69-98-107-103(111(82)137-115(94)133)123(13,14)50-58-127(107)54-46-119(98,5)6)85-36-38-87(39-37-85)130(86-34-28-74(29-35-86)93-64-81-68-97-106-102(110(81)136-114(93)132)122(11,12)49-57-126(106)53-45-118(97,3)4)100-19-17-18-75-60-78(31-42-91(75)100)95-66-83-70-99-108-104(112(83)138-116(95)134)124(15,16)51-59-128(108)55-47-120(99,7)8/h17-23,25-43,60-70,76H,24,44-59H2,1-16H3. The summed E-state index contributed by atoms with van der Waals surface area (Å²) in [6.45, 7) is 45.1. The Labute approximate surface area is 805 Å². The smallest absolute Gasteiger partial charge is 0.344 e. The van der Waals surface area contributed by atoms with Gasteiger partial charge in [-0.3, -0.25) is 0 Å². The number of anilines is 10. The van der Waals surface area contributed by atoms with Gasteiger partial charge in [-0.1, -0.05) is 214 Å². The molecule has 0 spiro atoms. The van der Waals surface area contributed by atoms with Gasteiger partial charge < -0.3 is 47.1 Å². The van der Waals surface area contributed by atoms with Crippen LogP contribution >= 0.6 is 0 Å². The number of allylic oxidation sites excluding steroid dienone is 4. The van der Waals surface area contributed by atoms with Gasteiger partial charge in [0.1, 0.15) is 22.3 Å². The van der Waals surface area contributed by atoms with Gasteiger partial charge in [0.2, 0.25) is 0 Å². The van der Waals surface area contributed by atoms with E-state index in [1.807, 2.05) is 0 Å². The molecule has 4 aromatic heterocycles. The van der Waals surface area contributed by atoms with Gasteiger partial charge >= 0.3 is 22.5 Å². The van der Waals surface area contributed by atoms with Crippen molar-refractivity contribution in [3.8, 4) is 44.5 Å². The first-order valence-electron chi connectivity index (χ1n) is 50.3.